The molecule has 0 spiro atoms. The van der Waals surface area contributed by atoms with E-state index in [9.17, 15) is 4.79 Å². The molecule has 1 heterocycles. The first-order valence-corrected chi connectivity index (χ1v) is 7.51. The van der Waals surface area contributed by atoms with E-state index in [2.05, 4.69) is 15.3 Å². The molecule has 1 amide bonds. The third-order valence-corrected chi connectivity index (χ3v) is 4.05. The fourth-order valence-electron chi connectivity index (χ4n) is 1.97. The second-order valence-electron chi connectivity index (χ2n) is 4.46. The van der Waals surface area contributed by atoms with Gasteiger partial charge in [-0.05, 0) is 24.3 Å². The minimum Gasteiger partial charge on any atom is -0.333 e. The summed E-state index contributed by atoms with van der Waals surface area (Å²) in [4.78, 5) is 20.1. The standard InChI is InChI=1S/C15H12ClN3OS/c1-9(20)17-13-11(16)7-8-12-14(13)19-15(18-12)21-10-5-3-2-4-6-10/h2-8H,1H3,(H,17,20)(H,18,19). The van der Waals surface area contributed by atoms with Gasteiger partial charge in [0.1, 0.15) is 5.52 Å². The molecule has 0 aliphatic carbocycles. The van der Waals surface area contributed by atoms with E-state index in [0.29, 0.717) is 16.2 Å². The van der Waals surface area contributed by atoms with Crippen LogP contribution in [-0.4, -0.2) is 15.9 Å². The third-order valence-electron chi connectivity index (χ3n) is 2.84. The molecule has 0 aliphatic heterocycles. The Morgan fingerprint density at radius 2 is 2.00 bits per heavy atom. The van der Waals surface area contributed by atoms with Gasteiger partial charge in [0, 0.05) is 11.8 Å². The van der Waals surface area contributed by atoms with Crippen LogP contribution in [0.1, 0.15) is 6.92 Å². The molecule has 0 bridgehead atoms. The number of hydrogen-bond donors (Lipinski definition) is 2. The molecule has 21 heavy (non-hydrogen) atoms. The van der Waals surface area contributed by atoms with Crippen LogP contribution >= 0.6 is 23.4 Å². The molecule has 0 aliphatic rings. The molecular formula is C15H12ClN3OS. The van der Waals surface area contributed by atoms with Gasteiger partial charge in [-0.3, -0.25) is 4.79 Å². The number of anilines is 1. The smallest absolute Gasteiger partial charge is 0.221 e. The quantitative estimate of drug-likeness (QED) is 0.756. The average Bonchev–Trinajstić information content (AvgIpc) is 2.86. The minimum absolute atomic E-state index is 0.176. The zero-order chi connectivity index (χ0) is 14.8. The van der Waals surface area contributed by atoms with E-state index in [1.54, 1.807) is 6.07 Å². The summed E-state index contributed by atoms with van der Waals surface area (Å²) in [6.07, 6.45) is 0. The maximum absolute atomic E-state index is 11.3. The molecule has 3 aromatic rings. The zero-order valence-electron chi connectivity index (χ0n) is 11.2. The third kappa shape index (κ3) is 3.04. The summed E-state index contributed by atoms with van der Waals surface area (Å²) in [7, 11) is 0. The van der Waals surface area contributed by atoms with Crippen molar-refractivity contribution in [3.63, 3.8) is 0 Å². The van der Waals surface area contributed by atoms with Crippen LogP contribution in [0.25, 0.3) is 11.0 Å². The predicted molar refractivity (Wildman–Crippen MR) is 86.0 cm³/mol. The predicted octanol–water partition coefficient (Wildman–Crippen LogP) is 4.33. The summed E-state index contributed by atoms with van der Waals surface area (Å²) in [5.41, 5.74) is 2.04. The number of carbonyl (C=O) groups is 1. The summed E-state index contributed by atoms with van der Waals surface area (Å²) < 4.78 is 0. The highest BCUT2D eigenvalue weighted by Crippen LogP contribution is 2.33. The van der Waals surface area contributed by atoms with Crippen LogP contribution in [0, 0.1) is 0 Å². The van der Waals surface area contributed by atoms with Crippen molar-refractivity contribution in [3.8, 4) is 0 Å². The highest BCUT2D eigenvalue weighted by Gasteiger charge is 2.12. The number of fused-ring (bicyclic) bond motifs is 1. The average molecular weight is 318 g/mol. The lowest BCUT2D eigenvalue weighted by Crippen LogP contribution is -2.06. The van der Waals surface area contributed by atoms with Gasteiger partial charge in [0.15, 0.2) is 5.16 Å². The number of halogens is 1. The Morgan fingerprint density at radius 1 is 1.24 bits per heavy atom. The maximum Gasteiger partial charge on any atom is 0.221 e. The van der Waals surface area contributed by atoms with Gasteiger partial charge in [-0.1, -0.05) is 41.6 Å². The number of hydrogen-bond acceptors (Lipinski definition) is 3. The van der Waals surface area contributed by atoms with Gasteiger partial charge in [-0.2, -0.15) is 0 Å². The van der Waals surface area contributed by atoms with Crippen LogP contribution in [0.15, 0.2) is 52.5 Å². The summed E-state index contributed by atoms with van der Waals surface area (Å²) in [6, 6.07) is 13.5. The lowest BCUT2D eigenvalue weighted by molar-refractivity contribution is -0.114. The van der Waals surface area contributed by atoms with Gasteiger partial charge >= 0.3 is 0 Å². The Bertz CT molecular complexity index is 801. The maximum atomic E-state index is 11.3. The van der Waals surface area contributed by atoms with E-state index in [0.717, 1.165) is 15.6 Å². The van der Waals surface area contributed by atoms with E-state index >= 15 is 0 Å². The Morgan fingerprint density at radius 3 is 2.71 bits per heavy atom. The van der Waals surface area contributed by atoms with Crippen LogP contribution in [0.3, 0.4) is 0 Å². The summed E-state index contributed by atoms with van der Waals surface area (Å²) in [5.74, 6) is -0.176. The molecule has 0 saturated carbocycles. The van der Waals surface area contributed by atoms with E-state index in [4.69, 9.17) is 11.6 Å². The second-order valence-corrected chi connectivity index (χ2v) is 5.93. The molecule has 2 aromatic carbocycles. The van der Waals surface area contributed by atoms with Crippen molar-refractivity contribution >= 4 is 46.0 Å². The fraction of sp³-hybridized carbons (Fsp3) is 0.0667. The van der Waals surface area contributed by atoms with Crippen molar-refractivity contribution in [2.75, 3.05) is 5.32 Å². The van der Waals surface area contributed by atoms with Crippen LogP contribution < -0.4 is 5.32 Å². The Balaban J connectivity index is 2.01. The SMILES string of the molecule is CC(=O)Nc1c(Cl)ccc2[nH]c(Sc3ccccc3)nc12. The van der Waals surface area contributed by atoms with Gasteiger partial charge in [-0.25, -0.2) is 4.98 Å². The van der Waals surface area contributed by atoms with Gasteiger partial charge in [0.05, 0.1) is 16.2 Å². The van der Waals surface area contributed by atoms with Crippen molar-refractivity contribution in [2.45, 2.75) is 17.0 Å². The topological polar surface area (TPSA) is 57.8 Å². The van der Waals surface area contributed by atoms with Crippen LogP contribution in [0.5, 0.6) is 0 Å². The molecular weight excluding hydrogens is 306 g/mol. The monoisotopic (exact) mass is 317 g/mol. The van der Waals surface area contributed by atoms with E-state index < -0.39 is 0 Å². The molecule has 2 N–H and O–H groups in total. The molecule has 0 unspecified atom stereocenters. The van der Waals surface area contributed by atoms with Gasteiger partial charge < -0.3 is 10.3 Å². The number of imidazole rings is 1. The van der Waals surface area contributed by atoms with Gasteiger partial charge in [0.25, 0.3) is 0 Å². The number of aromatic amines is 1. The van der Waals surface area contributed by atoms with Gasteiger partial charge in [-0.15, -0.1) is 0 Å². The lowest BCUT2D eigenvalue weighted by Gasteiger charge is -2.04. The molecule has 6 heteroatoms. The number of amides is 1. The molecule has 0 radical (unpaired) electrons. The molecule has 3 rings (SSSR count). The van der Waals surface area contributed by atoms with E-state index in [1.165, 1.54) is 18.7 Å². The largest absolute Gasteiger partial charge is 0.333 e. The number of carbonyl (C=O) groups excluding carboxylic acids is 1. The molecule has 0 fully saturated rings. The summed E-state index contributed by atoms with van der Waals surface area (Å²) >= 11 is 7.67. The van der Waals surface area contributed by atoms with Crippen molar-refractivity contribution in [2.24, 2.45) is 0 Å². The highest BCUT2D eigenvalue weighted by atomic mass is 35.5. The number of benzene rings is 2. The Kier molecular flexibility index (Phi) is 3.86. The zero-order valence-corrected chi connectivity index (χ0v) is 12.8. The molecule has 0 atom stereocenters. The number of rotatable bonds is 3. The van der Waals surface area contributed by atoms with Crippen molar-refractivity contribution in [3.05, 3.63) is 47.5 Å². The summed E-state index contributed by atoms with van der Waals surface area (Å²) in [6.45, 7) is 1.45. The second kappa shape index (κ2) is 5.79. The van der Waals surface area contributed by atoms with Crippen LogP contribution in [-0.2, 0) is 4.79 Å². The van der Waals surface area contributed by atoms with Crippen molar-refractivity contribution in [1.82, 2.24) is 9.97 Å². The normalized spacial score (nSPS) is 10.8. The first-order chi connectivity index (χ1) is 10.1. The van der Waals surface area contributed by atoms with E-state index in [1.807, 2.05) is 36.4 Å². The number of nitrogens with one attached hydrogen (secondary N) is 2. The molecule has 106 valence electrons. The Hall–Kier alpha value is -1.98. The summed E-state index contributed by atoms with van der Waals surface area (Å²) in [5, 5.41) is 3.96. The van der Waals surface area contributed by atoms with Gasteiger partial charge in [0.2, 0.25) is 5.91 Å². The molecule has 0 saturated heterocycles. The van der Waals surface area contributed by atoms with Crippen LogP contribution in [0.2, 0.25) is 5.02 Å². The lowest BCUT2D eigenvalue weighted by atomic mass is 10.2. The van der Waals surface area contributed by atoms with Crippen LogP contribution in [0.4, 0.5) is 5.69 Å². The number of aromatic nitrogens is 2. The highest BCUT2D eigenvalue weighted by molar-refractivity contribution is 7.99. The first kappa shape index (κ1) is 14.0. The van der Waals surface area contributed by atoms with E-state index in [-0.39, 0.29) is 5.91 Å². The molecule has 4 nitrogen and oxygen atoms in total. The molecule has 1 aromatic heterocycles. The number of nitrogens with zero attached hydrogens (tertiary/aromatic N) is 1. The fourth-order valence-corrected chi connectivity index (χ4v) is 2.99. The minimum atomic E-state index is -0.176. The number of H-pyrrole nitrogens is 1. The van der Waals surface area contributed by atoms with Crippen molar-refractivity contribution < 1.29 is 4.79 Å². The van der Waals surface area contributed by atoms with Crippen molar-refractivity contribution in [1.29, 1.82) is 0 Å². The Labute approximate surface area is 130 Å². The first-order valence-electron chi connectivity index (χ1n) is 6.32.